The van der Waals surface area contributed by atoms with Crippen molar-refractivity contribution in [2.75, 3.05) is 13.6 Å². The van der Waals surface area contributed by atoms with Gasteiger partial charge < -0.3 is 16.0 Å². The lowest BCUT2D eigenvalue weighted by molar-refractivity contribution is -0.126. The Balaban J connectivity index is 0.00000420. The largest absolute Gasteiger partial charge is 0.356 e. The molecule has 1 amide bonds. The van der Waals surface area contributed by atoms with Crippen LogP contribution in [0.25, 0.3) is 0 Å². The summed E-state index contributed by atoms with van der Waals surface area (Å²) in [6.45, 7) is 6.42. The fourth-order valence-corrected chi connectivity index (χ4v) is 3.54. The molecule has 0 aliphatic heterocycles. The van der Waals surface area contributed by atoms with Crippen LogP contribution in [-0.4, -0.2) is 37.5 Å². The third-order valence-corrected chi connectivity index (χ3v) is 5.13. The molecule has 8 heteroatoms. The van der Waals surface area contributed by atoms with Gasteiger partial charge in [0.25, 0.3) is 0 Å². The van der Waals surface area contributed by atoms with Crippen molar-refractivity contribution in [1.82, 2.24) is 16.0 Å². The van der Waals surface area contributed by atoms with Crippen LogP contribution in [0.1, 0.15) is 57.9 Å². The second-order valence-corrected chi connectivity index (χ2v) is 7.90. The number of carbonyl (C=O) groups excluding carboxylic acids is 1. The van der Waals surface area contributed by atoms with Crippen molar-refractivity contribution >= 4 is 35.8 Å². The Bertz CT molecular complexity index is 699. The Morgan fingerprint density at radius 1 is 1.21 bits per heavy atom. The van der Waals surface area contributed by atoms with E-state index in [1.165, 1.54) is 6.07 Å². The normalized spacial score (nSPS) is 20.6. The summed E-state index contributed by atoms with van der Waals surface area (Å²) in [6.07, 6.45) is 3.68. The quantitative estimate of drug-likeness (QED) is 0.302. The second kappa shape index (κ2) is 12.3. The first-order chi connectivity index (χ1) is 13.3. The van der Waals surface area contributed by atoms with E-state index in [0.717, 1.165) is 37.3 Å². The van der Waals surface area contributed by atoms with E-state index in [1.807, 2.05) is 20.8 Å². The zero-order chi connectivity index (χ0) is 20.7. The number of nitrogens with zero attached hydrogens (tertiary/aromatic N) is 1. The van der Waals surface area contributed by atoms with E-state index >= 15 is 0 Å². The number of guanidine groups is 1. The van der Waals surface area contributed by atoms with E-state index in [0.29, 0.717) is 12.5 Å². The van der Waals surface area contributed by atoms with Gasteiger partial charge in [-0.3, -0.25) is 9.79 Å². The molecule has 0 bridgehead atoms. The minimum absolute atomic E-state index is 0. The van der Waals surface area contributed by atoms with Gasteiger partial charge in [-0.15, -0.1) is 24.0 Å². The van der Waals surface area contributed by atoms with Crippen molar-refractivity contribution in [3.05, 3.63) is 35.4 Å². The van der Waals surface area contributed by atoms with E-state index in [-0.39, 0.29) is 53.8 Å². The highest BCUT2D eigenvalue weighted by molar-refractivity contribution is 14.0. The molecule has 0 radical (unpaired) electrons. The van der Waals surface area contributed by atoms with E-state index < -0.39 is 11.6 Å². The predicted molar refractivity (Wildman–Crippen MR) is 124 cm³/mol. The maximum Gasteiger partial charge on any atom is 0.223 e. The molecule has 3 atom stereocenters. The van der Waals surface area contributed by atoms with E-state index in [4.69, 9.17) is 0 Å². The molecule has 2 rings (SSSR count). The van der Waals surface area contributed by atoms with Gasteiger partial charge in [0.05, 0.1) is 0 Å². The van der Waals surface area contributed by atoms with Gasteiger partial charge in [0.15, 0.2) is 17.6 Å². The van der Waals surface area contributed by atoms with Crippen molar-refractivity contribution in [1.29, 1.82) is 0 Å². The molecular formula is C21H33F2IN4O. The Morgan fingerprint density at radius 2 is 1.93 bits per heavy atom. The van der Waals surface area contributed by atoms with Gasteiger partial charge in [-0.25, -0.2) is 8.78 Å². The first-order valence-corrected chi connectivity index (χ1v) is 10.0. The number of hydrogen-bond donors (Lipinski definition) is 3. The average molecular weight is 522 g/mol. The van der Waals surface area contributed by atoms with Gasteiger partial charge in [-0.2, -0.15) is 0 Å². The third-order valence-electron chi connectivity index (χ3n) is 5.13. The van der Waals surface area contributed by atoms with Crippen LogP contribution in [0, 0.1) is 17.6 Å². The summed E-state index contributed by atoms with van der Waals surface area (Å²) in [6, 6.07) is 4.31. The van der Waals surface area contributed by atoms with Gasteiger partial charge in [0, 0.05) is 31.6 Å². The fourth-order valence-electron chi connectivity index (χ4n) is 3.54. The number of amides is 1. The minimum atomic E-state index is -0.838. The molecule has 3 N–H and O–H groups in total. The van der Waals surface area contributed by atoms with E-state index in [2.05, 4.69) is 20.9 Å². The summed E-state index contributed by atoms with van der Waals surface area (Å²) in [4.78, 5) is 16.5. The molecule has 0 aromatic heterocycles. The highest BCUT2D eigenvalue weighted by atomic mass is 127. The molecular weight excluding hydrogens is 489 g/mol. The number of aliphatic imine (C=N–C) groups is 1. The van der Waals surface area contributed by atoms with Gasteiger partial charge >= 0.3 is 0 Å². The zero-order valence-corrected chi connectivity index (χ0v) is 19.9. The SMILES string of the molecule is CN=C(NCC(C)c1ccc(F)c(F)c1)NC1CCCC(C(=O)NC(C)C)C1.I. The highest BCUT2D eigenvalue weighted by Crippen LogP contribution is 2.24. The van der Waals surface area contributed by atoms with Crippen LogP contribution in [0.4, 0.5) is 8.78 Å². The predicted octanol–water partition coefficient (Wildman–Crippen LogP) is 3.93. The Labute approximate surface area is 189 Å². The monoisotopic (exact) mass is 522 g/mol. The second-order valence-electron chi connectivity index (χ2n) is 7.90. The lowest BCUT2D eigenvalue weighted by atomic mass is 9.85. The number of halogens is 3. The number of hydrogen-bond acceptors (Lipinski definition) is 2. The van der Waals surface area contributed by atoms with Crippen molar-refractivity contribution in [3.8, 4) is 0 Å². The van der Waals surface area contributed by atoms with Crippen LogP contribution in [0.2, 0.25) is 0 Å². The molecule has 0 heterocycles. The summed E-state index contributed by atoms with van der Waals surface area (Å²) < 4.78 is 26.5. The summed E-state index contributed by atoms with van der Waals surface area (Å²) in [5.74, 6) is -0.882. The van der Waals surface area contributed by atoms with Crippen molar-refractivity contribution < 1.29 is 13.6 Å². The minimum Gasteiger partial charge on any atom is -0.356 e. The lowest BCUT2D eigenvalue weighted by Crippen LogP contribution is -2.48. The molecule has 1 aromatic carbocycles. The number of nitrogens with one attached hydrogen (secondary N) is 3. The summed E-state index contributed by atoms with van der Waals surface area (Å²) in [5.41, 5.74) is 0.727. The third kappa shape index (κ3) is 8.06. The Kier molecular flexibility index (Phi) is 10.8. The molecule has 1 saturated carbocycles. The van der Waals surface area contributed by atoms with Gasteiger partial charge in [0.1, 0.15) is 0 Å². The maximum atomic E-state index is 13.4. The van der Waals surface area contributed by atoms with Crippen molar-refractivity contribution in [3.63, 3.8) is 0 Å². The number of benzene rings is 1. The molecule has 0 saturated heterocycles. The smallest absolute Gasteiger partial charge is 0.223 e. The summed E-state index contributed by atoms with van der Waals surface area (Å²) in [5, 5.41) is 9.64. The molecule has 29 heavy (non-hydrogen) atoms. The van der Waals surface area contributed by atoms with E-state index in [9.17, 15) is 13.6 Å². The number of rotatable bonds is 6. The molecule has 1 aliphatic carbocycles. The fraction of sp³-hybridized carbons (Fsp3) is 0.619. The topological polar surface area (TPSA) is 65.5 Å². The first kappa shape index (κ1) is 25.6. The van der Waals surface area contributed by atoms with Gasteiger partial charge in [-0.1, -0.05) is 19.4 Å². The molecule has 1 aromatic rings. The van der Waals surface area contributed by atoms with Crippen LogP contribution in [0.15, 0.2) is 23.2 Å². The van der Waals surface area contributed by atoms with Gasteiger partial charge in [0.2, 0.25) is 5.91 Å². The molecule has 1 fully saturated rings. The zero-order valence-electron chi connectivity index (χ0n) is 17.6. The summed E-state index contributed by atoms with van der Waals surface area (Å²) in [7, 11) is 1.70. The van der Waals surface area contributed by atoms with Gasteiger partial charge in [-0.05, 0) is 56.7 Å². The Morgan fingerprint density at radius 3 is 2.55 bits per heavy atom. The lowest BCUT2D eigenvalue weighted by Gasteiger charge is -2.30. The molecule has 3 unspecified atom stereocenters. The molecule has 5 nitrogen and oxygen atoms in total. The van der Waals surface area contributed by atoms with Crippen LogP contribution in [-0.2, 0) is 4.79 Å². The molecule has 164 valence electrons. The number of carbonyl (C=O) groups is 1. The van der Waals surface area contributed by atoms with Crippen LogP contribution < -0.4 is 16.0 Å². The van der Waals surface area contributed by atoms with Crippen molar-refractivity contribution in [2.45, 2.75) is 64.5 Å². The summed E-state index contributed by atoms with van der Waals surface area (Å²) >= 11 is 0. The maximum absolute atomic E-state index is 13.4. The Hall–Kier alpha value is -1.45. The molecule has 0 spiro atoms. The van der Waals surface area contributed by atoms with Crippen LogP contribution in [0.3, 0.4) is 0 Å². The van der Waals surface area contributed by atoms with Crippen LogP contribution in [0.5, 0.6) is 0 Å². The van der Waals surface area contributed by atoms with Crippen LogP contribution >= 0.6 is 24.0 Å². The highest BCUT2D eigenvalue weighted by Gasteiger charge is 2.28. The average Bonchev–Trinajstić information content (AvgIpc) is 2.66. The first-order valence-electron chi connectivity index (χ1n) is 10.0. The molecule has 1 aliphatic rings. The van der Waals surface area contributed by atoms with E-state index in [1.54, 1.807) is 13.1 Å². The standard InChI is InChI=1S/C21H32F2N4O.HI/c1-13(2)26-20(28)16-6-5-7-17(10-16)27-21(24-4)25-12-14(3)15-8-9-18(22)19(23)11-15;/h8-9,11,13-14,16-17H,5-7,10,12H2,1-4H3,(H,26,28)(H2,24,25,27);1H. The van der Waals surface area contributed by atoms with Crippen molar-refractivity contribution in [2.24, 2.45) is 10.9 Å².